The quantitative estimate of drug-likeness (QED) is 0.894. The molecule has 2 heterocycles. The fourth-order valence-corrected chi connectivity index (χ4v) is 2.72. The molecule has 0 saturated heterocycles. The topological polar surface area (TPSA) is 34.2 Å². The number of nitrogens with one attached hydrogen (secondary N) is 1. The molecule has 1 aromatic carbocycles. The van der Waals surface area contributed by atoms with E-state index in [1.807, 2.05) is 13.0 Å². The summed E-state index contributed by atoms with van der Waals surface area (Å²) in [5.74, 6) is 0.948. The van der Waals surface area contributed by atoms with Gasteiger partial charge in [0, 0.05) is 10.9 Å². The molecular weight excluding hydrogens is 244 g/mol. The van der Waals surface area contributed by atoms with Crippen LogP contribution in [-0.2, 0) is 0 Å². The lowest BCUT2D eigenvalue weighted by Crippen LogP contribution is -2.29. The van der Waals surface area contributed by atoms with E-state index in [0.717, 1.165) is 40.7 Å². The summed E-state index contributed by atoms with van der Waals surface area (Å²) in [6.07, 6.45) is 1.31. The smallest absolute Gasteiger partial charge is 0.142 e. The first kappa shape index (κ1) is 11.5. The average Bonchev–Trinajstić information content (AvgIpc) is 2.84. The van der Waals surface area contributed by atoms with Gasteiger partial charge < -0.3 is 10.1 Å². The molecule has 0 bridgehead atoms. The third-order valence-electron chi connectivity index (χ3n) is 3.16. The maximum atomic E-state index is 5.90. The van der Waals surface area contributed by atoms with Crippen molar-refractivity contribution in [1.29, 1.82) is 0 Å². The van der Waals surface area contributed by atoms with Crippen LogP contribution in [0.5, 0.6) is 5.75 Å². The van der Waals surface area contributed by atoms with Gasteiger partial charge in [-0.1, -0.05) is 6.92 Å². The lowest BCUT2D eigenvalue weighted by Gasteiger charge is -2.26. The largest absolute Gasteiger partial charge is 0.486 e. The molecule has 2 aromatic rings. The fourth-order valence-electron chi connectivity index (χ4n) is 2.10. The highest BCUT2D eigenvalue weighted by molar-refractivity contribution is 7.09. The molecule has 0 fully saturated rings. The molecule has 3 rings (SSSR count). The standard InChI is InChI=1S/C14H16N2OS/c1-3-11-7-15-12-6-10(4-5-14(12)17-11)13-8-18-9(2)16-13/h4-6,8,11,15H,3,7H2,1-2H3. The molecule has 0 aliphatic carbocycles. The number of hydrogen-bond donors (Lipinski definition) is 1. The number of thiazole rings is 1. The predicted octanol–water partition coefficient (Wildman–Crippen LogP) is 3.70. The molecule has 0 saturated carbocycles. The number of nitrogens with zero attached hydrogens (tertiary/aromatic N) is 1. The van der Waals surface area contributed by atoms with Gasteiger partial charge in [-0.2, -0.15) is 0 Å². The molecule has 3 nitrogen and oxygen atoms in total. The number of fused-ring (bicyclic) bond motifs is 1. The van der Waals surface area contributed by atoms with Crippen LogP contribution in [0.4, 0.5) is 5.69 Å². The monoisotopic (exact) mass is 260 g/mol. The Hall–Kier alpha value is -1.55. The van der Waals surface area contributed by atoms with E-state index in [2.05, 4.69) is 34.7 Å². The molecule has 1 N–H and O–H groups in total. The Bertz CT molecular complexity index is 565. The van der Waals surface area contributed by atoms with Crippen LogP contribution in [0.1, 0.15) is 18.4 Å². The summed E-state index contributed by atoms with van der Waals surface area (Å²) < 4.78 is 5.90. The van der Waals surface area contributed by atoms with Gasteiger partial charge in [-0.3, -0.25) is 0 Å². The summed E-state index contributed by atoms with van der Waals surface area (Å²) in [7, 11) is 0. The van der Waals surface area contributed by atoms with Crippen LogP contribution in [0.25, 0.3) is 11.3 Å². The zero-order valence-electron chi connectivity index (χ0n) is 10.6. The highest BCUT2D eigenvalue weighted by Gasteiger charge is 2.18. The molecule has 0 radical (unpaired) electrons. The van der Waals surface area contributed by atoms with E-state index < -0.39 is 0 Å². The zero-order valence-corrected chi connectivity index (χ0v) is 11.4. The second kappa shape index (κ2) is 4.61. The summed E-state index contributed by atoms with van der Waals surface area (Å²) in [5, 5.41) is 6.62. The second-order valence-electron chi connectivity index (χ2n) is 4.49. The van der Waals surface area contributed by atoms with Gasteiger partial charge in [-0.25, -0.2) is 4.98 Å². The van der Waals surface area contributed by atoms with Crippen LogP contribution in [0.15, 0.2) is 23.6 Å². The fraction of sp³-hybridized carbons (Fsp3) is 0.357. The SMILES string of the molecule is CCC1CNc2cc(-c3csc(C)n3)ccc2O1. The van der Waals surface area contributed by atoms with E-state index in [-0.39, 0.29) is 6.10 Å². The van der Waals surface area contributed by atoms with E-state index in [1.54, 1.807) is 11.3 Å². The van der Waals surface area contributed by atoms with Gasteiger partial charge in [0.2, 0.25) is 0 Å². The van der Waals surface area contributed by atoms with Crippen molar-refractivity contribution in [2.45, 2.75) is 26.4 Å². The Morgan fingerprint density at radius 2 is 2.39 bits per heavy atom. The van der Waals surface area contributed by atoms with Gasteiger partial charge in [-0.15, -0.1) is 11.3 Å². The van der Waals surface area contributed by atoms with E-state index in [9.17, 15) is 0 Å². The zero-order chi connectivity index (χ0) is 12.5. The minimum absolute atomic E-state index is 0.282. The maximum absolute atomic E-state index is 5.90. The van der Waals surface area contributed by atoms with Crippen LogP contribution in [0.2, 0.25) is 0 Å². The van der Waals surface area contributed by atoms with Gasteiger partial charge in [0.05, 0.1) is 22.9 Å². The number of rotatable bonds is 2. The molecule has 0 spiro atoms. The number of aryl methyl sites for hydroxylation is 1. The summed E-state index contributed by atoms with van der Waals surface area (Å²) in [4.78, 5) is 4.51. The van der Waals surface area contributed by atoms with Crippen molar-refractivity contribution in [3.8, 4) is 17.0 Å². The third kappa shape index (κ3) is 2.08. The van der Waals surface area contributed by atoms with Gasteiger partial charge in [0.1, 0.15) is 11.9 Å². The molecule has 1 aliphatic heterocycles. The molecule has 1 unspecified atom stereocenters. The molecule has 4 heteroatoms. The molecule has 1 atom stereocenters. The Morgan fingerprint density at radius 3 is 3.11 bits per heavy atom. The van der Waals surface area contributed by atoms with Gasteiger partial charge in [-0.05, 0) is 31.5 Å². The van der Waals surface area contributed by atoms with E-state index in [1.165, 1.54) is 0 Å². The highest BCUT2D eigenvalue weighted by atomic mass is 32.1. The summed E-state index contributed by atoms with van der Waals surface area (Å²) in [6.45, 7) is 5.05. The van der Waals surface area contributed by atoms with Gasteiger partial charge in [0.25, 0.3) is 0 Å². The van der Waals surface area contributed by atoms with Crippen LogP contribution in [0.3, 0.4) is 0 Å². The van der Waals surface area contributed by atoms with Crippen molar-refractivity contribution in [3.63, 3.8) is 0 Å². The van der Waals surface area contributed by atoms with Crippen molar-refractivity contribution >= 4 is 17.0 Å². The Balaban J connectivity index is 1.92. The first-order valence-electron chi connectivity index (χ1n) is 6.23. The van der Waals surface area contributed by atoms with E-state index in [4.69, 9.17) is 4.74 Å². The van der Waals surface area contributed by atoms with Crippen LogP contribution < -0.4 is 10.1 Å². The molecule has 1 aromatic heterocycles. The maximum Gasteiger partial charge on any atom is 0.142 e. The number of ether oxygens (including phenoxy) is 1. The minimum atomic E-state index is 0.282. The third-order valence-corrected chi connectivity index (χ3v) is 3.94. The number of aromatic nitrogens is 1. The second-order valence-corrected chi connectivity index (χ2v) is 5.55. The summed E-state index contributed by atoms with van der Waals surface area (Å²) in [6, 6.07) is 6.23. The lowest BCUT2D eigenvalue weighted by atomic mass is 10.1. The normalized spacial score (nSPS) is 17.8. The van der Waals surface area contributed by atoms with Crippen LogP contribution in [-0.4, -0.2) is 17.6 Å². The van der Waals surface area contributed by atoms with Crippen molar-refractivity contribution in [1.82, 2.24) is 4.98 Å². The van der Waals surface area contributed by atoms with Crippen molar-refractivity contribution in [2.24, 2.45) is 0 Å². The minimum Gasteiger partial charge on any atom is -0.486 e. The van der Waals surface area contributed by atoms with Gasteiger partial charge in [0.15, 0.2) is 0 Å². The van der Waals surface area contributed by atoms with E-state index >= 15 is 0 Å². The van der Waals surface area contributed by atoms with Crippen LogP contribution in [0, 0.1) is 6.92 Å². The number of benzene rings is 1. The Kier molecular flexibility index (Phi) is 2.96. The molecule has 0 amide bonds. The Labute approximate surface area is 111 Å². The predicted molar refractivity (Wildman–Crippen MR) is 75.5 cm³/mol. The highest BCUT2D eigenvalue weighted by Crippen LogP contribution is 2.34. The Morgan fingerprint density at radius 1 is 1.50 bits per heavy atom. The van der Waals surface area contributed by atoms with Crippen molar-refractivity contribution < 1.29 is 4.74 Å². The molecule has 18 heavy (non-hydrogen) atoms. The van der Waals surface area contributed by atoms with E-state index in [0.29, 0.717) is 0 Å². The lowest BCUT2D eigenvalue weighted by molar-refractivity contribution is 0.202. The molecule has 1 aliphatic rings. The average molecular weight is 260 g/mol. The molecule has 94 valence electrons. The van der Waals surface area contributed by atoms with Gasteiger partial charge >= 0.3 is 0 Å². The van der Waals surface area contributed by atoms with Crippen LogP contribution >= 0.6 is 11.3 Å². The first-order chi connectivity index (χ1) is 8.76. The number of anilines is 1. The molecular formula is C14H16N2OS. The van der Waals surface area contributed by atoms with Crippen molar-refractivity contribution in [2.75, 3.05) is 11.9 Å². The number of hydrogen-bond acceptors (Lipinski definition) is 4. The summed E-state index contributed by atoms with van der Waals surface area (Å²) in [5.41, 5.74) is 3.26. The van der Waals surface area contributed by atoms with Crippen molar-refractivity contribution in [3.05, 3.63) is 28.6 Å². The first-order valence-corrected chi connectivity index (χ1v) is 7.11. The summed E-state index contributed by atoms with van der Waals surface area (Å²) >= 11 is 1.68.